The van der Waals surface area contributed by atoms with Crippen LogP contribution >= 0.6 is 0 Å². The number of rotatable bonds is 7. The minimum absolute atomic E-state index is 0.290. The Morgan fingerprint density at radius 2 is 2.03 bits per heavy atom. The van der Waals surface area contributed by atoms with Crippen LogP contribution in [-0.2, 0) is 6.42 Å². The van der Waals surface area contributed by atoms with Gasteiger partial charge in [0.25, 0.3) is 0 Å². The van der Waals surface area contributed by atoms with Crippen molar-refractivity contribution in [1.29, 1.82) is 0 Å². The van der Waals surface area contributed by atoms with E-state index in [-0.39, 0.29) is 0 Å². The van der Waals surface area contributed by atoms with E-state index in [9.17, 15) is 0 Å². The lowest BCUT2D eigenvalue weighted by Gasteiger charge is -2.34. The van der Waals surface area contributed by atoms with Crippen LogP contribution in [0.4, 0.5) is 11.6 Å². The Labute approximate surface area is 194 Å². The minimum atomic E-state index is 0.290. The van der Waals surface area contributed by atoms with Crippen molar-refractivity contribution in [3.63, 3.8) is 0 Å². The third-order valence-corrected chi connectivity index (χ3v) is 7.06. The average Bonchev–Trinajstić information content (AvgIpc) is 3.39. The molecule has 9 heteroatoms. The zero-order valence-electron chi connectivity index (χ0n) is 19.7. The quantitative estimate of drug-likeness (QED) is 0.529. The van der Waals surface area contributed by atoms with E-state index in [0.717, 1.165) is 56.1 Å². The van der Waals surface area contributed by atoms with Crippen molar-refractivity contribution >= 4 is 17.3 Å². The molecule has 0 amide bonds. The molecule has 9 nitrogen and oxygen atoms in total. The number of piperidine rings is 1. The Morgan fingerprint density at radius 1 is 1.18 bits per heavy atom. The van der Waals surface area contributed by atoms with E-state index in [0.29, 0.717) is 35.9 Å². The van der Waals surface area contributed by atoms with Gasteiger partial charge in [0.15, 0.2) is 11.5 Å². The van der Waals surface area contributed by atoms with Crippen molar-refractivity contribution < 1.29 is 4.74 Å². The van der Waals surface area contributed by atoms with Gasteiger partial charge in [0.2, 0.25) is 0 Å². The van der Waals surface area contributed by atoms with Crippen molar-refractivity contribution in [3.8, 4) is 6.01 Å². The number of nitrogens with one attached hydrogen (secondary N) is 1. The van der Waals surface area contributed by atoms with Crippen LogP contribution < -0.4 is 20.7 Å². The second-order valence-corrected chi connectivity index (χ2v) is 9.55. The predicted molar refractivity (Wildman–Crippen MR) is 129 cm³/mol. The second kappa shape index (κ2) is 9.13. The van der Waals surface area contributed by atoms with Crippen molar-refractivity contribution in [2.45, 2.75) is 52.4 Å². The van der Waals surface area contributed by atoms with Gasteiger partial charge in [-0.15, -0.1) is 5.10 Å². The molecule has 2 aliphatic heterocycles. The molecule has 5 rings (SSSR count). The maximum absolute atomic E-state index is 6.10. The summed E-state index contributed by atoms with van der Waals surface area (Å²) in [6, 6.07) is 2.52. The first-order valence-electron chi connectivity index (χ1n) is 12.1. The molecule has 3 aromatic rings. The highest BCUT2D eigenvalue weighted by Gasteiger charge is 2.39. The Morgan fingerprint density at radius 3 is 2.82 bits per heavy atom. The highest BCUT2D eigenvalue weighted by atomic mass is 16.5. The summed E-state index contributed by atoms with van der Waals surface area (Å²) in [5.41, 5.74) is 10.4. The third kappa shape index (κ3) is 4.46. The molecule has 0 aromatic carbocycles. The number of aromatic nitrogens is 5. The standard InChI is InChI=1S/C24H34N8O/c1-3-4-11-33-23-29-20(25)22-28-15-19(32(22)30-23)13-18-12-17(2)21(27-14-18)31-10-7-24(16-31)5-8-26-9-6-24/h12,14-15,26H,3-11,13,16H2,1-2H3,(H2,25,29,30). The van der Waals surface area contributed by atoms with E-state index in [1.165, 1.54) is 24.8 Å². The van der Waals surface area contributed by atoms with Crippen molar-refractivity contribution in [3.05, 3.63) is 35.3 Å². The number of pyridine rings is 1. The molecule has 0 radical (unpaired) electrons. The Hall–Kier alpha value is -2.94. The van der Waals surface area contributed by atoms with Gasteiger partial charge < -0.3 is 20.7 Å². The number of nitrogen functional groups attached to an aromatic ring is 1. The summed E-state index contributed by atoms with van der Waals surface area (Å²) in [6.07, 6.45) is 10.3. The number of imidazole rings is 1. The van der Waals surface area contributed by atoms with E-state index in [1.54, 1.807) is 10.7 Å². The van der Waals surface area contributed by atoms with Crippen molar-refractivity contribution in [2.24, 2.45) is 5.41 Å². The molecule has 2 saturated heterocycles. The normalized spacial score (nSPS) is 17.8. The number of hydrogen-bond acceptors (Lipinski definition) is 8. The molecule has 33 heavy (non-hydrogen) atoms. The smallest absolute Gasteiger partial charge is 0.336 e. The number of fused-ring (bicyclic) bond motifs is 1. The lowest BCUT2D eigenvalue weighted by Crippen LogP contribution is -2.38. The van der Waals surface area contributed by atoms with Crippen LogP contribution in [0.1, 0.15) is 55.8 Å². The fourth-order valence-electron chi connectivity index (χ4n) is 5.16. The lowest BCUT2D eigenvalue weighted by molar-refractivity contribution is 0.232. The number of nitrogens with zero attached hydrogens (tertiary/aromatic N) is 6. The van der Waals surface area contributed by atoms with E-state index in [4.69, 9.17) is 15.5 Å². The summed E-state index contributed by atoms with van der Waals surface area (Å²) < 4.78 is 7.42. The largest absolute Gasteiger partial charge is 0.462 e. The molecular formula is C24H34N8O. The molecule has 0 aliphatic carbocycles. The molecule has 0 atom stereocenters. The maximum atomic E-state index is 6.10. The fourth-order valence-corrected chi connectivity index (χ4v) is 5.16. The van der Waals surface area contributed by atoms with Crippen LogP contribution in [0, 0.1) is 12.3 Å². The van der Waals surface area contributed by atoms with E-state index < -0.39 is 0 Å². The number of aryl methyl sites for hydroxylation is 1. The van der Waals surface area contributed by atoms with Gasteiger partial charge in [0.1, 0.15) is 5.82 Å². The highest BCUT2D eigenvalue weighted by molar-refractivity contribution is 5.60. The summed E-state index contributed by atoms with van der Waals surface area (Å²) in [6.45, 7) is 9.34. The predicted octanol–water partition coefficient (Wildman–Crippen LogP) is 2.76. The van der Waals surface area contributed by atoms with Crippen molar-refractivity contribution in [1.82, 2.24) is 29.9 Å². The number of nitrogens with two attached hydrogens (primary N) is 1. The number of hydrogen-bond donors (Lipinski definition) is 2. The van der Waals surface area contributed by atoms with Crippen LogP contribution in [0.3, 0.4) is 0 Å². The Bertz CT molecular complexity index is 1120. The van der Waals surface area contributed by atoms with Gasteiger partial charge in [0, 0.05) is 25.7 Å². The van der Waals surface area contributed by atoms with Crippen LogP contribution in [-0.4, -0.2) is 57.4 Å². The topological polar surface area (TPSA) is 106 Å². The molecular weight excluding hydrogens is 416 g/mol. The van der Waals surface area contributed by atoms with Gasteiger partial charge in [-0.05, 0) is 62.2 Å². The molecule has 1 spiro atoms. The molecule has 176 valence electrons. The van der Waals surface area contributed by atoms with Gasteiger partial charge in [-0.1, -0.05) is 19.4 Å². The summed E-state index contributed by atoms with van der Waals surface area (Å²) in [5, 5.41) is 8.02. The fraction of sp³-hybridized carbons (Fsp3) is 0.583. The second-order valence-electron chi connectivity index (χ2n) is 9.55. The summed E-state index contributed by atoms with van der Waals surface area (Å²) in [4.78, 5) is 16.0. The average molecular weight is 451 g/mol. The van der Waals surface area contributed by atoms with E-state index in [1.807, 2.05) is 6.20 Å². The van der Waals surface area contributed by atoms with E-state index in [2.05, 4.69) is 45.2 Å². The van der Waals surface area contributed by atoms with Gasteiger partial charge >= 0.3 is 6.01 Å². The zero-order chi connectivity index (χ0) is 22.8. The molecule has 0 bridgehead atoms. The van der Waals surface area contributed by atoms with Gasteiger partial charge in [-0.2, -0.15) is 4.98 Å². The van der Waals surface area contributed by atoms with Crippen LogP contribution in [0.2, 0.25) is 0 Å². The summed E-state index contributed by atoms with van der Waals surface area (Å²) in [5.74, 6) is 1.44. The monoisotopic (exact) mass is 450 g/mol. The maximum Gasteiger partial charge on any atom is 0.336 e. The number of ether oxygens (including phenoxy) is 1. The van der Waals surface area contributed by atoms with Crippen molar-refractivity contribution in [2.75, 3.05) is 43.4 Å². The van der Waals surface area contributed by atoms with Gasteiger partial charge in [-0.25, -0.2) is 14.5 Å². The number of anilines is 2. The third-order valence-electron chi connectivity index (χ3n) is 7.06. The summed E-state index contributed by atoms with van der Waals surface area (Å²) in [7, 11) is 0. The first-order chi connectivity index (χ1) is 16.1. The minimum Gasteiger partial charge on any atom is -0.462 e. The van der Waals surface area contributed by atoms with Gasteiger partial charge in [0.05, 0.1) is 18.5 Å². The lowest BCUT2D eigenvalue weighted by atomic mass is 9.78. The SMILES string of the molecule is CCCCOc1nc(N)c2ncc(Cc3cnc(N4CCC5(CCNCC5)C4)c(C)c3)n2n1. The first kappa shape index (κ1) is 21.9. The van der Waals surface area contributed by atoms with Gasteiger partial charge in [-0.3, -0.25) is 0 Å². The molecule has 2 aliphatic rings. The van der Waals surface area contributed by atoms with E-state index >= 15 is 0 Å². The number of unbranched alkanes of at least 4 members (excludes halogenated alkanes) is 1. The Balaban J connectivity index is 1.33. The molecule has 3 aromatic heterocycles. The van der Waals surface area contributed by atoms with Crippen LogP contribution in [0.25, 0.3) is 5.65 Å². The molecule has 5 heterocycles. The first-order valence-corrected chi connectivity index (χ1v) is 12.1. The van der Waals surface area contributed by atoms with Crippen LogP contribution in [0.15, 0.2) is 18.5 Å². The highest BCUT2D eigenvalue weighted by Crippen LogP contribution is 2.40. The molecule has 0 unspecified atom stereocenters. The zero-order valence-corrected chi connectivity index (χ0v) is 19.7. The summed E-state index contributed by atoms with van der Waals surface area (Å²) >= 11 is 0. The molecule has 0 saturated carbocycles. The van der Waals surface area contributed by atoms with Crippen LogP contribution in [0.5, 0.6) is 6.01 Å². The Kier molecular flexibility index (Phi) is 6.05. The molecule has 3 N–H and O–H groups in total. The molecule has 2 fully saturated rings.